The summed E-state index contributed by atoms with van der Waals surface area (Å²) >= 11 is 0. The molecular weight excluding hydrogens is 426 g/mol. The van der Waals surface area contributed by atoms with E-state index in [1.165, 1.54) is 16.0 Å². The first kappa shape index (κ1) is 22.0. The van der Waals surface area contributed by atoms with Gasteiger partial charge in [0, 0.05) is 43.3 Å². The second kappa shape index (κ2) is 9.61. The van der Waals surface area contributed by atoms with Crippen LogP contribution >= 0.6 is 0 Å². The molecule has 0 saturated carbocycles. The summed E-state index contributed by atoms with van der Waals surface area (Å²) in [4.78, 5) is 43.4. The molecule has 0 N–H and O–H groups in total. The Kier molecular flexibility index (Phi) is 6.23. The summed E-state index contributed by atoms with van der Waals surface area (Å²) in [6.07, 6.45) is 0.841. The lowest BCUT2D eigenvalue weighted by Gasteiger charge is -2.47. The molecule has 34 heavy (non-hydrogen) atoms. The van der Waals surface area contributed by atoms with Gasteiger partial charge in [0.2, 0.25) is 5.91 Å². The van der Waals surface area contributed by atoms with E-state index in [2.05, 4.69) is 17.0 Å². The number of imide groups is 1. The summed E-state index contributed by atoms with van der Waals surface area (Å²) in [5, 5.41) is 0. The second-order valence-corrected chi connectivity index (χ2v) is 8.91. The normalized spacial score (nSPS) is 16.9. The highest BCUT2D eigenvalue weighted by atomic mass is 16.2. The molecule has 0 bridgehead atoms. The highest BCUT2D eigenvalue weighted by Crippen LogP contribution is 2.21. The maximum absolute atomic E-state index is 12.9. The predicted molar refractivity (Wildman–Crippen MR) is 129 cm³/mol. The molecule has 3 aromatic carbocycles. The van der Waals surface area contributed by atoms with Crippen LogP contribution in [0.1, 0.15) is 31.8 Å². The lowest BCUT2D eigenvalue weighted by atomic mass is 10.0. The van der Waals surface area contributed by atoms with E-state index in [1.807, 2.05) is 53.4 Å². The van der Waals surface area contributed by atoms with Gasteiger partial charge in [-0.1, -0.05) is 60.7 Å². The van der Waals surface area contributed by atoms with Crippen LogP contribution in [0.4, 0.5) is 0 Å². The first-order chi connectivity index (χ1) is 16.6. The lowest BCUT2D eigenvalue weighted by Crippen LogP contribution is -2.65. The van der Waals surface area contributed by atoms with Crippen LogP contribution in [0.25, 0.3) is 0 Å². The first-order valence-electron chi connectivity index (χ1n) is 11.6. The van der Waals surface area contributed by atoms with E-state index in [0.717, 1.165) is 6.42 Å². The van der Waals surface area contributed by atoms with Crippen LogP contribution in [0.3, 0.4) is 0 Å². The van der Waals surface area contributed by atoms with Crippen LogP contribution in [0, 0.1) is 0 Å². The zero-order valence-electron chi connectivity index (χ0n) is 19.0. The number of carbonyl (C=O) groups excluding carboxylic acids is 3. The number of likely N-dealkylation sites (tertiary alicyclic amines) is 1. The molecule has 3 amide bonds. The van der Waals surface area contributed by atoms with Gasteiger partial charge in [0.05, 0.1) is 6.54 Å². The molecule has 2 heterocycles. The molecule has 0 spiro atoms. The fraction of sp³-hybridized carbons (Fsp3) is 0.250. The molecule has 5 rings (SSSR count). The fourth-order valence-electron chi connectivity index (χ4n) is 4.59. The Morgan fingerprint density at radius 2 is 1.29 bits per heavy atom. The highest BCUT2D eigenvalue weighted by Gasteiger charge is 2.39. The number of carbonyl (C=O) groups is 3. The van der Waals surface area contributed by atoms with Crippen LogP contribution in [-0.4, -0.2) is 71.2 Å². The van der Waals surface area contributed by atoms with E-state index >= 15 is 0 Å². The Labute approximate surface area is 199 Å². The molecule has 0 unspecified atom stereocenters. The molecule has 2 saturated heterocycles. The molecule has 2 aliphatic rings. The van der Waals surface area contributed by atoms with Crippen molar-refractivity contribution >= 4 is 17.7 Å². The number of nitrogens with zero attached hydrogens (tertiary/aromatic N) is 3. The van der Waals surface area contributed by atoms with Gasteiger partial charge in [-0.2, -0.15) is 0 Å². The van der Waals surface area contributed by atoms with Gasteiger partial charge in [-0.05, 0) is 41.8 Å². The van der Waals surface area contributed by atoms with Gasteiger partial charge in [-0.15, -0.1) is 0 Å². The van der Waals surface area contributed by atoms with E-state index in [4.69, 9.17) is 0 Å². The van der Waals surface area contributed by atoms with Gasteiger partial charge in [0.15, 0.2) is 0 Å². The van der Waals surface area contributed by atoms with Crippen molar-refractivity contribution in [3.8, 4) is 0 Å². The maximum Gasteiger partial charge on any atom is 0.260 e. The van der Waals surface area contributed by atoms with E-state index in [0.29, 0.717) is 37.3 Å². The van der Waals surface area contributed by atoms with Crippen molar-refractivity contribution in [1.29, 1.82) is 0 Å². The van der Waals surface area contributed by atoms with Crippen LogP contribution < -0.4 is 0 Å². The van der Waals surface area contributed by atoms with Gasteiger partial charge in [0.25, 0.3) is 11.8 Å². The molecule has 0 atom stereocenters. The van der Waals surface area contributed by atoms with Crippen molar-refractivity contribution < 1.29 is 14.4 Å². The summed E-state index contributed by atoms with van der Waals surface area (Å²) in [6, 6.07) is 27.1. The third kappa shape index (κ3) is 4.63. The topological polar surface area (TPSA) is 60.9 Å². The van der Waals surface area contributed by atoms with E-state index < -0.39 is 0 Å². The number of amides is 3. The minimum atomic E-state index is -0.244. The summed E-state index contributed by atoms with van der Waals surface area (Å²) < 4.78 is 0. The number of benzene rings is 3. The Balaban J connectivity index is 1.12. The standard InChI is InChI=1S/C28H27N3O3/c32-26-20-29(15-16-31(26)28(34)23-9-5-2-6-10-23)25-18-30(19-25)27(33)24-13-11-22(12-14-24)17-21-7-3-1-4-8-21/h1-14,25H,15-20H2. The molecule has 2 aliphatic heterocycles. The highest BCUT2D eigenvalue weighted by molar-refractivity contribution is 6.05. The molecule has 0 aromatic heterocycles. The average Bonchev–Trinajstić information content (AvgIpc) is 2.84. The monoisotopic (exact) mass is 453 g/mol. The van der Waals surface area contributed by atoms with Crippen LogP contribution in [0.15, 0.2) is 84.9 Å². The van der Waals surface area contributed by atoms with E-state index in [9.17, 15) is 14.4 Å². The molecular formula is C28H27N3O3. The Hall–Kier alpha value is -3.77. The predicted octanol–water partition coefficient (Wildman–Crippen LogP) is 3.09. The minimum absolute atomic E-state index is 0.0201. The van der Waals surface area contributed by atoms with E-state index in [-0.39, 0.29) is 30.3 Å². The van der Waals surface area contributed by atoms with Crippen molar-refractivity contribution in [2.45, 2.75) is 12.5 Å². The third-order valence-corrected chi connectivity index (χ3v) is 6.63. The first-order valence-corrected chi connectivity index (χ1v) is 11.6. The maximum atomic E-state index is 12.9. The van der Waals surface area contributed by atoms with Crippen molar-refractivity contribution in [3.63, 3.8) is 0 Å². The SMILES string of the molecule is O=C(c1ccc(Cc2ccccc2)cc1)N1CC(N2CCN(C(=O)c3ccccc3)C(=O)C2)C1. The summed E-state index contributed by atoms with van der Waals surface area (Å²) in [7, 11) is 0. The number of hydrogen-bond acceptors (Lipinski definition) is 4. The van der Waals surface area contributed by atoms with Gasteiger partial charge >= 0.3 is 0 Å². The molecule has 3 aromatic rings. The Morgan fingerprint density at radius 1 is 0.706 bits per heavy atom. The second-order valence-electron chi connectivity index (χ2n) is 8.91. The fourth-order valence-corrected chi connectivity index (χ4v) is 4.59. The number of rotatable bonds is 5. The molecule has 0 radical (unpaired) electrons. The van der Waals surface area contributed by atoms with Crippen molar-refractivity contribution in [2.75, 3.05) is 32.7 Å². The summed E-state index contributed by atoms with van der Waals surface area (Å²) in [6.45, 7) is 2.42. The van der Waals surface area contributed by atoms with Gasteiger partial charge in [-0.3, -0.25) is 24.2 Å². The molecule has 2 fully saturated rings. The Morgan fingerprint density at radius 3 is 1.94 bits per heavy atom. The molecule has 6 nitrogen and oxygen atoms in total. The van der Waals surface area contributed by atoms with Gasteiger partial charge < -0.3 is 4.90 Å². The Bertz CT molecular complexity index is 1170. The smallest absolute Gasteiger partial charge is 0.260 e. The van der Waals surface area contributed by atoms with Crippen LogP contribution in [0.2, 0.25) is 0 Å². The van der Waals surface area contributed by atoms with Crippen LogP contribution in [0.5, 0.6) is 0 Å². The average molecular weight is 454 g/mol. The third-order valence-electron chi connectivity index (χ3n) is 6.63. The molecule has 172 valence electrons. The zero-order chi connectivity index (χ0) is 23.5. The zero-order valence-corrected chi connectivity index (χ0v) is 19.0. The van der Waals surface area contributed by atoms with Gasteiger partial charge in [-0.25, -0.2) is 0 Å². The molecule has 6 heteroatoms. The summed E-state index contributed by atoms with van der Waals surface area (Å²) in [5.41, 5.74) is 3.63. The largest absolute Gasteiger partial charge is 0.335 e. The molecule has 0 aliphatic carbocycles. The van der Waals surface area contributed by atoms with Crippen molar-refractivity contribution in [2.24, 2.45) is 0 Å². The lowest BCUT2D eigenvalue weighted by molar-refractivity contribution is -0.135. The summed E-state index contributed by atoms with van der Waals surface area (Å²) in [5.74, 6) is -0.406. The van der Waals surface area contributed by atoms with Crippen molar-refractivity contribution in [1.82, 2.24) is 14.7 Å². The van der Waals surface area contributed by atoms with Gasteiger partial charge in [0.1, 0.15) is 0 Å². The number of hydrogen-bond donors (Lipinski definition) is 0. The van der Waals surface area contributed by atoms with Crippen LogP contribution in [-0.2, 0) is 11.2 Å². The quantitative estimate of drug-likeness (QED) is 0.557. The van der Waals surface area contributed by atoms with E-state index in [1.54, 1.807) is 24.3 Å². The minimum Gasteiger partial charge on any atom is -0.335 e. The van der Waals surface area contributed by atoms with Crippen molar-refractivity contribution in [3.05, 3.63) is 107 Å². The number of piperazine rings is 1.